The zero-order chi connectivity index (χ0) is 19.9. The molecule has 0 aliphatic carbocycles. The van der Waals surface area contributed by atoms with Gasteiger partial charge in [0.1, 0.15) is 0 Å². The molecule has 0 bridgehead atoms. The van der Waals surface area contributed by atoms with E-state index in [1.807, 2.05) is 28.7 Å². The number of anilines is 1. The Hall–Kier alpha value is -2.30. The Morgan fingerprint density at radius 1 is 1.21 bits per heavy atom. The Bertz CT molecular complexity index is 1190. The van der Waals surface area contributed by atoms with E-state index < -0.39 is 17.6 Å². The van der Waals surface area contributed by atoms with E-state index in [0.717, 1.165) is 40.2 Å². The number of halogens is 4. The summed E-state index contributed by atoms with van der Waals surface area (Å²) in [5.41, 5.74) is -0.0467. The standard InChI is InChI=1S/C17H10ClF3N4OS2/c18-10-6-5-9(17(19,20)21)7-11(10)22-14(26)8-27-15-23-24-16-25(15)12-3-1-2-4-13(12)28-16/h1-7H,8H2,(H,22,26). The van der Waals surface area contributed by atoms with Crippen molar-refractivity contribution in [1.29, 1.82) is 0 Å². The lowest BCUT2D eigenvalue weighted by atomic mass is 10.2. The maximum Gasteiger partial charge on any atom is 0.416 e. The number of thiazole rings is 1. The van der Waals surface area contributed by atoms with E-state index in [1.54, 1.807) is 0 Å². The number of aromatic nitrogens is 3. The van der Waals surface area contributed by atoms with Gasteiger partial charge in [-0.3, -0.25) is 9.20 Å². The second-order valence-electron chi connectivity index (χ2n) is 5.70. The molecule has 1 N–H and O–H groups in total. The molecule has 0 radical (unpaired) electrons. The maximum absolute atomic E-state index is 12.8. The highest BCUT2D eigenvalue weighted by Crippen LogP contribution is 2.34. The summed E-state index contributed by atoms with van der Waals surface area (Å²) in [5, 5.41) is 11.2. The number of para-hydroxylation sites is 1. The number of carbonyl (C=O) groups is 1. The van der Waals surface area contributed by atoms with Crippen molar-refractivity contribution >= 4 is 61.5 Å². The average Bonchev–Trinajstić information content (AvgIpc) is 3.20. The molecule has 0 saturated heterocycles. The van der Waals surface area contributed by atoms with Gasteiger partial charge in [-0.1, -0.05) is 46.8 Å². The fraction of sp³-hybridized carbons (Fsp3) is 0.118. The number of amides is 1. The van der Waals surface area contributed by atoms with Crippen molar-refractivity contribution in [3.8, 4) is 0 Å². The number of alkyl halides is 3. The SMILES string of the molecule is O=C(CSc1nnc2sc3ccccc3n12)Nc1cc(C(F)(F)F)ccc1Cl. The molecule has 11 heteroatoms. The molecule has 1 amide bonds. The van der Waals surface area contributed by atoms with Crippen LogP contribution in [0.5, 0.6) is 0 Å². The van der Waals surface area contributed by atoms with Crippen LogP contribution in [-0.2, 0) is 11.0 Å². The fourth-order valence-corrected chi connectivity index (χ4v) is 4.50. The molecule has 2 aromatic heterocycles. The lowest BCUT2D eigenvalue weighted by molar-refractivity contribution is -0.137. The minimum Gasteiger partial charge on any atom is -0.324 e. The Kier molecular flexibility index (Phi) is 4.94. The topological polar surface area (TPSA) is 59.3 Å². The summed E-state index contributed by atoms with van der Waals surface area (Å²) in [6, 6.07) is 10.5. The number of fused-ring (bicyclic) bond motifs is 3. The highest BCUT2D eigenvalue weighted by atomic mass is 35.5. The predicted molar refractivity (Wildman–Crippen MR) is 104 cm³/mol. The molecule has 0 saturated carbocycles. The van der Waals surface area contributed by atoms with Crippen molar-refractivity contribution < 1.29 is 18.0 Å². The van der Waals surface area contributed by atoms with Gasteiger partial charge in [0, 0.05) is 0 Å². The Balaban J connectivity index is 1.51. The third-order valence-electron chi connectivity index (χ3n) is 3.81. The molecular weight excluding hydrogens is 433 g/mol. The largest absolute Gasteiger partial charge is 0.416 e. The van der Waals surface area contributed by atoms with Gasteiger partial charge in [0.15, 0.2) is 5.16 Å². The summed E-state index contributed by atoms with van der Waals surface area (Å²) in [6.45, 7) is 0. The second-order valence-corrected chi connectivity index (χ2v) is 8.06. The first-order valence-electron chi connectivity index (χ1n) is 7.85. The number of carbonyl (C=O) groups excluding carboxylic acids is 1. The molecule has 0 spiro atoms. The summed E-state index contributed by atoms with van der Waals surface area (Å²) in [6.07, 6.45) is -4.52. The second kappa shape index (κ2) is 7.26. The molecule has 5 nitrogen and oxygen atoms in total. The van der Waals surface area contributed by atoms with Gasteiger partial charge in [0.2, 0.25) is 10.9 Å². The molecule has 2 heterocycles. The van der Waals surface area contributed by atoms with Gasteiger partial charge in [-0.2, -0.15) is 13.2 Å². The van der Waals surface area contributed by atoms with Crippen LogP contribution in [-0.4, -0.2) is 26.3 Å². The normalized spacial score (nSPS) is 12.0. The van der Waals surface area contributed by atoms with E-state index in [0.29, 0.717) is 10.1 Å². The number of nitrogens with one attached hydrogen (secondary N) is 1. The van der Waals surface area contributed by atoms with E-state index in [9.17, 15) is 18.0 Å². The van der Waals surface area contributed by atoms with Crippen LogP contribution < -0.4 is 5.32 Å². The zero-order valence-corrected chi connectivity index (χ0v) is 16.2. The summed E-state index contributed by atoms with van der Waals surface area (Å²) in [7, 11) is 0. The van der Waals surface area contributed by atoms with E-state index >= 15 is 0 Å². The van der Waals surface area contributed by atoms with Crippen LogP contribution in [0, 0.1) is 0 Å². The highest BCUT2D eigenvalue weighted by molar-refractivity contribution is 7.99. The summed E-state index contributed by atoms with van der Waals surface area (Å²) < 4.78 is 41.4. The van der Waals surface area contributed by atoms with Crippen molar-refractivity contribution in [1.82, 2.24) is 14.6 Å². The molecule has 0 aliphatic heterocycles. The van der Waals surface area contributed by atoms with Gasteiger partial charge in [0.05, 0.1) is 32.2 Å². The molecule has 0 aliphatic rings. The van der Waals surface area contributed by atoms with E-state index in [4.69, 9.17) is 11.6 Å². The monoisotopic (exact) mass is 442 g/mol. The van der Waals surface area contributed by atoms with Crippen LogP contribution in [0.1, 0.15) is 5.56 Å². The van der Waals surface area contributed by atoms with Crippen molar-refractivity contribution in [3.05, 3.63) is 53.1 Å². The molecular formula is C17H10ClF3N4OS2. The van der Waals surface area contributed by atoms with Crippen molar-refractivity contribution in [2.75, 3.05) is 11.1 Å². The first-order valence-corrected chi connectivity index (χ1v) is 10.0. The van der Waals surface area contributed by atoms with Crippen LogP contribution in [0.4, 0.5) is 18.9 Å². The fourth-order valence-electron chi connectivity index (χ4n) is 2.56. The Morgan fingerprint density at radius 3 is 2.79 bits per heavy atom. The van der Waals surface area contributed by atoms with Crippen LogP contribution in [0.2, 0.25) is 5.02 Å². The number of nitrogens with zero attached hydrogens (tertiary/aromatic N) is 3. The van der Waals surface area contributed by atoms with Gasteiger partial charge in [-0.05, 0) is 30.3 Å². The number of thioether (sulfide) groups is 1. The Morgan fingerprint density at radius 2 is 2.00 bits per heavy atom. The maximum atomic E-state index is 12.8. The van der Waals surface area contributed by atoms with Crippen LogP contribution >= 0.6 is 34.7 Å². The molecule has 0 unspecified atom stereocenters. The number of hydrogen-bond donors (Lipinski definition) is 1. The van der Waals surface area contributed by atoms with Crippen molar-refractivity contribution in [2.45, 2.75) is 11.3 Å². The smallest absolute Gasteiger partial charge is 0.324 e. The number of benzene rings is 2. The molecule has 144 valence electrons. The van der Waals surface area contributed by atoms with Crippen LogP contribution in [0.3, 0.4) is 0 Å². The third-order valence-corrected chi connectivity index (χ3v) is 6.08. The van der Waals surface area contributed by atoms with E-state index in [2.05, 4.69) is 15.5 Å². The van der Waals surface area contributed by atoms with Gasteiger partial charge in [-0.25, -0.2) is 0 Å². The minimum atomic E-state index is -4.52. The van der Waals surface area contributed by atoms with Gasteiger partial charge < -0.3 is 5.32 Å². The molecule has 4 aromatic rings. The van der Waals surface area contributed by atoms with Crippen LogP contribution in [0.25, 0.3) is 15.2 Å². The van der Waals surface area contributed by atoms with E-state index in [-0.39, 0.29) is 16.5 Å². The highest BCUT2D eigenvalue weighted by Gasteiger charge is 2.31. The molecule has 2 aromatic carbocycles. The number of rotatable bonds is 4. The van der Waals surface area contributed by atoms with Gasteiger partial charge in [0.25, 0.3) is 0 Å². The summed E-state index contributed by atoms with van der Waals surface area (Å²) >= 11 is 8.52. The summed E-state index contributed by atoms with van der Waals surface area (Å²) in [4.78, 5) is 12.9. The van der Waals surface area contributed by atoms with E-state index in [1.165, 1.54) is 11.3 Å². The average molecular weight is 443 g/mol. The zero-order valence-electron chi connectivity index (χ0n) is 13.8. The molecule has 28 heavy (non-hydrogen) atoms. The third kappa shape index (κ3) is 3.67. The van der Waals surface area contributed by atoms with Gasteiger partial charge >= 0.3 is 6.18 Å². The lowest BCUT2D eigenvalue weighted by Crippen LogP contribution is -2.15. The minimum absolute atomic E-state index is 0.0278. The first-order chi connectivity index (χ1) is 13.3. The quantitative estimate of drug-likeness (QED) is 0.433. The molecule has 4 rings (SSSR count). The predicted octanol–water partition coefficient (Wildman–Crippen LogP) is 5.35. The van der Waals surface area contributed by atoms with Crippen LogP contribution in [0.15, 0.2) is 47.6 Å². The Labute approximate surface area is 169 Å². The lowest BCUT2D eigenvalue weighted by Gasteiger charge is -2.11. The van der Waals surface area contributed by atoms with Gasteiger partial charge in [-0.15, -0.1) is 10.2 Å². The van der Waals surface area contributed by atoms with Crippen molar-refractivity contribution in [3.63, 3.8) is 0 Å². The first kappa shape index (κ1) is 19.0. The molecule has 0 fully saturated rings. The number of hydrogen-bond acceptors (Lipinski definition) is 5. The molecule has 0 atom stereocenters. The van der Waals surface area contributed by atoms with Crippen molar-refractivity contribution in [2.24, 2.45) is 0 Å². The summed E-state index contributed by atoms with van der Waals surface area (Å²) in [5.74, 6) is -0.556.